The Labute approximate surface area is 177 Å². The van der Waals surface area contributed by atoms with Crippen LogP contribution in [0.4, 0.5) is 8.78 Å². The Kier molecular flexibility index (Phi) is 4.57. The summed E-state index contributed by atoms with van der Waals surface area (Å²) in [5.74, 6) is -1.94. The number of benzene rings is 2. The van der Waals surface area contributed by atoms with Crippen molar-refractivity contribution in [1.82, 2.24) is 14.8 Å². The molecule has 2 aromatic carbocycles. The molecular weight excluding hydrogens is 400 g/mol. The molecule has 1 aliphatic rings. The molecule has 0 radical (unpaired) electrons. The second-order valence-electron chi connectivity index (χ2n) is 8.73. The van der Waals surface area contributed by atoms with E-state index in [9.17, 15) is 14.3 Å². The number of carbonyl (C=O) groups is 1. The predicted molar refractivity (Wildman–Crippen MR) is 115 cm³/mol. The van der Waals surface area contributed by atoms with Gasteiger partial charge in [-0.05, 0) is 67.0 Å². The van der Waals surface area contributed by atoms with E-state index in [1.54, 1.807) is 18.3 Å². The second kappa shape index (κ2) is 7.18. The first-order valence-electron chi connectivity index (χ1n) is 10.5. The number of hydrogen-bond acceptors (Lipinski definition) is 2. The molecule has 7 heteroatoms. The van der Waals surface area contributed by atoms with Crippen LogP contribution in [-0.2, 0) is 4.79 Å². The lowest BCUT2D eigenvalue weighted by molar-refractivity contribution is -0.141. The molecule has 5 rings (SSSR count). The Morgan fingerprint density at radius 1 is 1.23 bits per heavy atom. The zero-order valence-corrected chi connectivity index (χ0v) is 17.3. The van der Waals surface area contributed by atoms with Crippen LogP contribution in [0.1, 0.15) is 56.2 Å². The fourth-order valence-corrected chi connectivity index (χ4v) is 5.17. The average Bonchev–Trinajstić information content (AvgIpc) is 3.45. The van der Waals surface area contributed by atoms with Crippen LogP contribution in [0.15, 0.2) is 36.5 Å². The van der Waals surface area contributed by atoms with Crippen LogP contribution < -0.4 is 0 Å². The normalized spacial score (nSPS) is 19.1. The Balaban J connectivity index is 1.87. The van der Waals surface area contributed by atoms with Gasteiger partial charge in [-0.1, -0.05) is 13.8 Å². The zero-order valence-electron chi connectivity index (χ0n) is 17.3. The molecule has 2 N–H and O–H groups in total. The number of halogens is 2. The molecule has 0 amide bonds. The van der Waals surface area contributed by atoms with Gasteiger partial charge in [-0.15, -0.1) is 0 Å². The van der Waals surface area contributed by atoms with Crippen molar-refractivity contribution in [3.05, 3.63) is 59.4 Å². The molecule has 2 aromatic heterocycles. The molecule has 0 aliphatic heterocycles. The first-order chi connectivity index (χ1) is 14.9. The second-order valence-corrected chi connectivity index (χ2v) is 8.73. The standard InChI is InChI=1S/C24H23F2N3O2/c1-12(2)23-19(13-3-4-14(9-13)24(30)31)20-18(10-15-11-27-28-22(15)21(20)26)29(23)17-7-5-16(25)6-8-17/h5-8,10-14H,3-4,9H2,1-2H3,(H,27,28)(H,30,31)/t13-,14?/m1/s1. The summed E-state index contributed by atoms with van der Waals surface area (Å²) in [5, 5.41) is 17.4. The van der Waals surface area contributed by atoms with Crippen molar-refractivity contribution in [2.75, 3.05) is 0 Å². The highest BCUT2D eigenvalue weighted by Crippen LogP contribution is 2.47. The van der Waals surface area contributed by atoms with E-state index in [1.165, 1.54) is 12.1 Å². The fraction of sp³-hybridized carbons (Fsp3) is 0.333. The van der Waals surface area contributed by atoms with Crippen LogP contribution in [0.25, 0.3) is 27.5 Å². The maximum Gasteiger partial charge on any atom is 0.306 e. The lowest BCUT2D eigenvalue weighted by Gasteiger charge is -2.18. The highest BCUT2D eigenvalue weighted by molar-refractivity contribution is 6.00. The number of aromatic amines is 1. The quantitative estimate of drug-likeness (QED) is 0.431. The zero-order chi connectivity index (χ0) is 21.9. The van der Waals surface area contributed by atoms with E-state index in [1.807, 2.05) is 24.5 Å². The average molecular weight is 423 g/mol. The van der Waals surface area contributed by atoms with Crippen molar-refractivity contribution in [3.8, 4) is 5.69 Å². The van der Waals surface area contributed by atoms with Crippen molar-refractivity contribution in [1.29, 1.82) is 0 Å². The van der Waals surface area contributed by atoms with Gasteiger partial charge in [-0.3, -0.25) is 9.89 Å². The summed E-state index contributed by atoms with van der Waals surface area (Å²) in [5.41, 5.74) is 3.59. The molecule has 160 valence electrons. The monoisotopic (exact) mass is 423 g/mol. The van der Waals surface area contributed by atoms with E-state index in [2.05, 4.69) is 10.2 Å². The summed E-state index contributed by atoms with van der Waals surface area (Å²) < 4.78 is 31.5. The number of H-pyrrole nitrogens is 1. The van der Waals surface area contributed by atoms with Gasteiger partial charge >= 0.3 is 5.97 Å². The summed E-state index contributed by atoms with van der Waals surface area (Å²) in [4.78, 5) is 11.6. The third-order valence-corrected chi connectivity index (χ3v) is 6.50. The van der Waals surface area contributed by atoms with E-state index in [0.29, 0.717) is 41.1 Å². The molecule has 5 nitrogen and oxygen atoms in total. The minimum atomic E-state index is -0.799. The molecule has 31 heavy (non-hydrogen) atoms. The maximum absolute atomic E-state index is 15.8. The smallest absolute Gasteiger partial charge is 0.306 e. The molecule has 0 saturated heterocycles. The number of aliphatic carboxylic acids is 1. The van der Waals surface area contributed by atoms with Crippen LogP contribution in [0.2, 0.25) is 0 Å². The topological polar surface area (TPSA) is 70.9 Å². The van der Waals surface area contributed by atoms with E-state index >= 15 is 4.39 Å². The number of carboxylic acid groups (broad SMARTS) is 1. The molecule has 1 aliphatic carbocycles. The summed E-state index contributed by atoms with van der Waals surface area (Å²) in [6, 6.07) is 8.08. The lowest BCUT2D eigenvalue weighted by Crippen LogP contribution is -2.10. The maximum atomic E-state index is 15.8. The number of hydrogen-bond donors (Lipinski definition) is 2. The number of aromatic nitrogens is 3. The highest BCUT2D eigenvalue weighted by Gasteiger charge is 2.36. The van der Waals surface area contributed by atoms with Crippen molar-refractivity contribution < 1.29 is 18.7 Å². The summed E-state index contributed by atoms with van der Waals surface area (Å²) in [6.45, 7) is 4.10. The molecule has 4 aromatic rings. The number of carboxylic acids is 1. The molecule has 2 atom stereocenters. The Hall–Kier alpha value is -3.22. The van der Waals surface area contributed by atoms with Crippen molar-refractivity contribution in [3.63, 3.8) is 0 Å². The SMILES string of the molecule is CC(C)c1c([C@@H]2CCC(C(=O)O)C2)c2c(F)c3[nH]ncc3cc2n1-c1ccc(F)cc1. The van der Waals surface area contributed by atoms with Crippen LogP contribution >= 0.6 is 0 Å². The molecule has 0 bridgehead atoms. The van der Waals surface area contributed by atoms with Gasteiger partial charge in [-0.2, -0.15) is 5.10 Å². The molecule has 1 saturated carbocycles. The van der Waals surface area contributed by atoms with Gasteiger partial charge in [0.2, 0.25) is 0 Å². The Morgan fingerprint density at radius 3 is 2.61 bits per heavy atom. The molecular formula is C24H23F2N3O2. The summed E-state index contributed by atoms with van der Waals surface area (Å²) in [7, 11) is 0. The van der Waals surface area contributed by atoms with E-state index < -0.39 is 11.9 Å². The third-order valence-electron chi connectivity index (χ3n) is 6.50. The fourth-order valence-electron chi connectivity index (χ4n) is 5.17. The van der Waals surface area contributed by atoms with E-state index in [0.717, 1.165) is 16.9 Å². The minimum absolute atomic E-state index is 0.0483. The van der Waals surface area contributed by atoms with Crippen LogP contribution in [0.5, 0.6) is 0 Å². The van der Waals surface area contributed by atoms with Gasteiger partial charge in [0.1, 0.15) is 11.3 Å². The van der Waals surface area contributed by atoms with Crippen LogP contribution in [0.3, 0.4) is 0 Å². The van der Waals surface area contributed by atoms with Gasteiger partial charge in [0.15, 0.2) is 5.82 Å². The summed E-state index contributed by atoms with van der Waals surface area (Å²) in [6.07, 6.45) is 3.34. The van der Waals surface area contributed by atoms with Gasteiger partial charge in [-0.25, -0.2) is 8.78 Å². The van der Waals surface area contributed by atoms with Gasteiger partial charge in [0.25, 0.3) is 0 Å². The Bertz CT molecular complexity index is 1300. The van der Waals surface area contributed by atoms with Gasteiger partial charge < -0.3 is 9.67 Å². The number of rotatable bonds is 4. The number of nitrogens with zero attached hydrogens (tertiary/aromatic N) is 2. The largest absolute Gasteiger partial charge is 0.481 e. The first-order valence-corrected chi connectivity index (χ1v) is 10.5. The Morgan fingerprint density at radius 2 is 1.97 bits per heavy atom. The molecule has 1 fully saturated rings. The minimum Gasteiger partial charge on any atom is -0.481 e. The van der Waals surface area contributed by atoms with Gasteiger partial charge in [0.05, 0.1) is 17.6 Å². The molecule has 0 spiro atoms. The molecule has 2 heterocycles. The highest BCUT2D eigenvalue weighted by atomic mass is 19.1. The van der Waals surface area contributed by atoms with Crippen LogP contribution in [-0.4, -0.2) is 25.8 Å². The predicted octanol–water partition coefficient (Wildman–Crippen LogP) is 5.88. The van der Waals surface area contributed by atoms with E-state index in [4.69, 9.17) is 0 Å². The van der Waals surface area contributed by atoms with Crippen molar-refractivity contribution in [2.24, 2.45) is 5.92 Å². The third kappa shape index (κ3) is 3.02. The van der Waals surface area contributed by atoms with Crippen molar-refractivity contribution >= 4 is 27.8 Å². The van der Waals surface area contributed by atoms with E-state index in [-0.39, 0.29) is 23.5 Å². The van der Waals surface area contributed by atoms with Gasteiger partial charge in [0, 0.05) is 22.2 Å². The lowest BCUT2D eigenvalue weighted by atomic mass is 9.89. The number of fused-ring (bicyclic) bond motifs is 2. The molecule has 1 unspecified atom stereocenters. The number of nitrogens with one attached hydrogen (secondary N) is 1. The first kappa shape index (κ1) is 19.7. The van der Waals surface area contributed by atoms with Crippen molar-refractivity contribution in [2.45, 2.75) is 44.9 Å². The summed E-state index contributed by atoms with van der Waals surface area (Å²) >= 11 is 0. The van der Waals surface area contributed by atoms with Crippen LogP contribution in [0, 0.1) is 17.6 Å².